The Balaban J connectivity index is 2.37. The summed E-state index contributed by atoms with van der Waals surface area (Å²) in [6.45, 7) is 3.27. The minimum absolute atomic E-state index is 0.164. The maximum Gasteiger partial charge on any atom is 0.222 e. The average Bonchev–Trinajstić information content (AvgIpc) is 2.61. The monoisotopic (exact) mass is 233 g/mol. The third-order valence-electron chi connectivity index (χ3n) is 2.43. The second kappa shape index (κ2) is 4.37. The van der Waals surface area contributed by atoms with Gasteiger partial charge in [0.2, 0.25) is 5.91 Å². The van der Waals surface area contributed by atoms with Crippen LogP contribution in [0.1, 0.15) is 12.5 Å². The van der Waals surface area contributed by atoms with Gasteiger partial charge < -0.3 is 5.32 Å². The van der Waals surface area contributed by atoms with E-state index in [4.69, 9.17) is 0 Å². The summed E-state index contributed by atoms with van der Waals surface area (Å²) in [4.78, 5) is 10.9. The zero-order chi connectivity index (χ0) is 12.4. The molecule has 17 heavy (non-hydrogen) atoms. The van der Waals surface area contributed by atoms with Crippen LogP contribution in [0.25, 0.3) is 11.3 Å². The molecule has 0 radical (unpaired) electrons. The van der Waals surface area contributed by atoms with E-state index in [0.717, 1.165) is 11.1 Å². The molecular formula is C12H12FN3O. The van der Waals surface area contributed by atoms with Crippen LogP contribution in [-0.4, -0.2) is 16.1 Å². The van der Waals surface area contributed by atoms with Gasteiger partial charge in [0, 0.05) is 18.1 Å². The fraction of sp³-hybridized carbons (Fsp3) is 0.167. The summed E-state index contributed by atoms with van der Waals surface area (Å²) < 4.78 is 12.8. The highest BCUT2D eigenvalue weighted by Gasteiger charge is 2.11. The first-order valence-electron chi connectivity index (χ1n) is 5.16. The van der Waals surface area contributed by atoms with Crippen LogP contribution in [0.15, 0.2) is 24.3 Å². The number of halogens is 1. The smallest absolute Gasteiger partial charge is 0.222 e. The van der Waals surface area contributed by atoms with Crippen molar-refractivity contribution < 1.29 is 9.18 Å². The topological polar surface area (TPSA) is 57.8 Å². The first-order valence-corrected chi connectivity index (χ1v) is 5.16. The molecule has 0 aliphatic heterocycles. The minimum Gasteiger partial charge on any atom is -0.311 e. The maximum absolute atomic E-state index is 12.8. The van der Waals surface area contributed by atoms with Gasteiger partial charge in [-0.1, -0.05) is 0 Å². The van der Waals surface area contributed by atoms with E-state index in [-0.39, 0.29) is 11.7 Å². The summed E-state index contributed by atoms with van der Waals surface area (Å²) >= 11 is 0. The van der Waals surface area contributed by atoms with Crippen molar-refractivity contribution in [1.82, 2.24) is 10.2 Å². The Morgan fingerprint density at radius 2 is 2.00 bits per heavy atom. The summed E-state index contributed by atoms with van der Waals surface area (Å²) in [5.41, 5.74) is 2.33. The minimum atomic E-state index is -0.288. The lowest BCUT2D eigenvalue weighted by Crippen LogP contribution is -2.06. The number of H-pyrrole nitrogens is 1. The first kappa shape index (κ1) is 11.3. The molecule has 88 valence electrons. The molecule has 0 aliphatic rings. The fourth-order valence-electron chi connectivity index (χ4n) is 1.58. The highest BCUT2D eigenvalue weighted by Crippen LogP contribution is 2.25. The molecule has 1 heterocycles. The van der Waals surface area contributed by atoms with Crippen molar-refractivity contribution in [3.8, 4) is 11.3 Å². The number of hydrogen-bond donors (Lipinski definition) is 2. The van der Waals surface area contributed by atoms with Crippen molar-refractivity contribution in [3.05, 3.63) is 35.6 Å². The molecule has 0 saturated heterocycles. The second-order valence-corrected chi connectivity index (χ2v) is 3.76. The Kier molecular flexibility index (Phi) is 2.91. The predicted molar refractivity (Wildman–Crippen MR) is 63.0 cm³/mol. The van der Waals surface area contributed by atoms with Gasteiger partial charge in [-0.05, 0) is 31.2 Å². The number of amides is 1. The number of nitrogens with zero attached hydrogens (tertiary/aromatic N) is 1. The lowest BCUT2D eigenvalue weighted by Gasteiger charge is -2.00. The Hall–Kier alpha value is -2.17. The summed E-state index contributed by atoms with van der Waals surface area (Å²) in [5.74, 6) is 0.114. The Bertz CT molecular complexity index is 545. The van der Waals surface area contributed by atoms with Gasteiger partial charge in [-0.2, -0.15) is 5.10 Å². The number of carbonyl (C=O) groups is 1. The number of benzene rings is 1. The SMILES string of the molecule is CC(=O)Nc1[nH]nc(-c2ccc(F)cc2)c1C. The number of nitrogens with one attached hydrogen (secondary N) is 2. The Morgan fingerprint density at radius 1 is 1.35 bits per heavy atom. The standard InChI is InChI=1S/C12H12FN3O/c1-7-11(9-3-5-10(13)6-4-9)15-16-12(7)14-8(2)17/h3-6H,1-2H3,(H2,14,15,16,17). The molecule has 0 aliphatic carbocycles. The third kappa shape index (κ3) is 2.33. The fourth-order valence-corrected chi connectivity index (χ4v) is 1.58. The van der Waals surface area contributed by atoms with Crippen molar-refractivity contribution >= 4 is 11.7 Å². The molecule has 5 heteroatoms. The molecule has 4 nitrogen and oxygen atoms in total. The van der Waals surface area contributed by atoms with E-state index in [1.165, 1.54) is 19.1 Å². The van der Waals surface area contributed by atoms with E-state index in [0.29, 0.717) is 11.5 Å². The number of aromatic nitrogens is 2. The molecule has 2 aromatic rings. The van der Waals surface area contributed by atoms with Crippen molar-refractivity contribution in [2.24, 2.45) is 0 Å². The van der Waals surface area contributed by atoms with E-state index < -0.39 is 0 Å². The zero-order valence-electron chi connectivity index (χ0n) is 9.54. The van der Waals surface area contributed by atoms with E-state index in [2.05, 4.69) is 15.5 Å². The molecule has 0 spiro atoms. The van der Waals surface area contributed by atoms with Gasteiger partial charge in [0.15, 0.2) is 0 Å². The number of anilines is 1. The number of carbonyl (C=O) groups excluding carboxylic acids is 1. The van der Waals surface area contributed by atoms with E-state index in [1.807, 2.05) is 6.92 Å². The molecule has 0 saturated carbocycles. The molecule has 0 bridgehead atoms. The molecular weight excluding hydrogens is 221 g/mol. The molecule has 1 amide bonds. The van der Waals surface area contributed by atoms with Crippen molar-refractivity contribution in [1.29, 1.82) is 0 Å². The highest BCUT2D eigenvalue weighted by atomic mass is 19.1. The lowest BCUT2D eigenvalue weighted by atomic mass is 10.1. The van der Waals surface area contributed by atoms with Gasteiger partial charge in [-0.15, -0.1) is 0 Å². The molecule has 1 aromatic heterocycles. The number of aromatic amines is 1. The van der Waals surface area contributed by atoms with Crippen LogP contribution in [-0.2, 0) is 4.79 Å². The summed E-state index contributed by atoms with van der Waals surface area (Å²) in [5, 5.41) is 9.49. The van der Waals surface area contributed by atoms with E-state index >= 15 is 0 Å². The summed E-state index contributed by atoms with van der Waals surface area (Å²) in [7, 11) is 0. The molecule has 2 N–H and O–H groups in total. The Morgan fingerprint density at radius 3 is 2.59 bits per heavy atom. The van der Waals surface area contributed by atoms with E-state index in [1.54, 1.807) is 12.1 Å². The molecule has 0 atom stereocenters. The van der Waals surface area contributed by atoms with Crippen LogP contribution in [0, 0.1) is 12.7 Å². The van der Waals surface area contributed by atoms with Gasteiger partial charge in [-0.3, -0.25) is 9.89 Å². The maximum atomic E-state index is 12.8. The van der Waals surface area contributed by atoms with Crippen LogP contribution in [0.3, 0.4) is 0 Å². The van der Waals surface area contributed by atoms with E-state index in [9.17, 15) is 9.18 Å². The van der Waals surface area contributed by atoms with Gasteiger partial charge >= 0.3 is 0 Å². The third-order valence-corrected chi connectivity index (χ3v) is 2.43. The normalized spacial score (nSPS) is 10.3. The van der Waals surface area contributed by atoms with Crippen LogP contribution in [0.5, 0.6) is 0 Å². The van der Waals surface area contributed by atoms with Crippen LogP contribution >= 0.6 is 0 Å². The summed E-state index contributed by atoms with van der Waals surface area (Å²) in [6, 6.07) is 6.05. The van der Waals surface area contributed by atoms with Crippen LogP contribution in [0.2, 0.25) is 0 Å². The number of hydrogen-bond acceptors (Lipinski definition) is 2. The molecule has 1 aromatic carbocycles. The molecule has 0 unspecified atom stereocenters. The molecule has 2 rings (SSSR count). The lowest BCUT2D eigenvalue weighted by molar-refractivity contribution is -0.114. The average molecular weight is 233 g/mol. The van der Waals surface area contributed by atoms with Crippen molar-refractivity contribution in [2.75, 3.05) is 5.32 Å². The summed E-state index contributed by atoms with van der Waals surface area (Å²) in [6.07, 6.45) is 0. The van der Waals surface area contributed by atoms with Crippen molar-refractivity contribution in [2.45, 2.75) is 13.8 Å². The first-order chi connectivity index (χ1) is 8.08. The van der Waals surface area contributed by atoms with Crippen LogP contribution in [0.4, 0.5) is 10.2 Å². The van der Waals surface area contributed by atoms with Crippen LogP contribution < -0.4 is 5.32 Å². The highest BCUT2D eigenvalue weighted by molar-refractivity contribution is 5.89. The second-order valence-electron chi connectivity index (χ2n) is 3.76. The largest absolute Gasteiger partial charge is 0.311 e. The zero-order valence-corrected chi connectivity index (χ0v) is 9.54. The Labute approximate surface area is 97.9 Å². The number of rotatable bonds is 2. The van der Waals surface area contributed by atoms with Crippen molar-refractivity contribution in [3.63, 3.8) is 0 Å². The van der Waals surface area contributed by atoms with Gasteiger partial charge in [0.1, 0.15) is 11.6 Å². The van der Waals surface area contributed by atoms with Gasteiger partial charge in [0.05, 0.1) is 5.69 Å². The van der Waals surface area contributed by atoms with Gasteiger partial charge in [-0.25, -0.2) is 4.39 Å². The molecule has 0 fully saturated rings. The predicted octanol–water partition coefficient (Wildman–Crippen LogP) is 2.48. The quantitative estimate of drug-likeness (QED) is 0.837. The van der Waals surface area contributed by atoms with Gasteiger partial charge in [0.25, 0.3) is 0 Å².